The van der Waals surface area contributed by atoms with Crippen molar-refractivity contribution >= 4 is 11.9 Å². The van der Waals surface area contributed by atoms with Crippen LogP contribution < -0.4 is 0 Å². The summed E-state index contributed by atoms with van der Waals surface area (Å²) < 4.78 is 1.74. The summed E-state index contributed by atoms with van der Waals surface area (Å²) in [5.74, 6) is -1.25. The number of carbonyl (C=O) groups is 2. The number of aliphatic carboxylic acids is 1. The molecule has 2 rings (SSSR count). The van der Waals surface area contributed by atoms with Crippen LogP contribution in [-0.4, -0.2) is 56.0 Å². The maximum absolute atomic E-state index is 12.8. The number of aromatic nitrogens is 2. The number of amides is 1. The highest BCUT2D eigenvalue weighted by Gasteiger charge is 2.49. The zero-order valence-electron chi connectivity index (χ0n) is 13.9. The molecule has 1 fully saturated rings. The van der Waals surface area contributed by atoms with Crippen molar-refractivity contribution in [2.45, 2.75) is 52.7 Å². The molecule has 1 amide bonds. The Balaban J connectivity index is 2.28. The summed E-state index contributed by atoms with van der Waals surface area (Å²) in [4.78, 5) is 26.1. The van der Waals surface area contributed by atoms with E-state index in [1.54, 1.807) is 9.58 Å². The summed E-state index contributed by atoms with van der Waals surface area (Å²) in [5, 5.41) is 24.1. The highest BCUT2D eigenvalue weighted by atomic mass is 16.4. The molecule has 0 bridgehead atoms. The van der Waals surface area contributed by atoms with Gasteiger partial charge in [-0.05, 0) is 26.7 Å². The van der Waals surface area contributed by atoms with Crippen LogP contribution in [0.25, 0.3) is 0 Å². The van der Waals surface area contributed by atoms with Crippen molar-refractivity contribution in [1.29, 1.82) is 0 Å². The van der Waals surface area contributed by atoms with Crippen LogP contribution in [0.4, 0.5) is 0 Å². The number of hydrogen-bond acceptors (Lipinski definition) is 4. The molecule has 0 unspecified atom stereocenters. The van der Waals surface area contributed by atoms with Gasteiger partial charge in [-0.3, -0.25) is 14.3 Å². The van der Waals surface area contributed by atoms with Crippen molar-refractivity contribution in [2.24, 2.45) is 5.41 Å². The first kappa shape index (κ1) is 17.5. The van der Waals surface area contributed by atoms with E-state index in [-0.39, 0.29) is 18.9 Å². The molecule has 128 valence electrons. The third-order valence-corrected chi connectivity index (χ3v) is 4.83. The molecule has 1 saturated heterocycles. The Kier molecular flexibility index (Phi) is 5.09. The number of piperidine rings is 1. The van der Waals surface area contributed by atoms with E-state index < -0.39 is 17.5 Å². The zero-order chi connectivity index (χ0) is 17.2. The third kappa shape index (κ3) is 2.97. The Bertz CT molecular complexity index is 598. The number of rotatable bonds is 5. The van der Waals surface area contributed by atoms with Crippen LogP contribution >= 0.6 is 0 Å². The summed E-state index contributed by atoms with van der Waals surface area (Å²) in [6.07, 6.45) is 1.87. The number of carboxylic acids is 1. The van der Waals surface area contributed by atoms with Gasteiger partial charge in [0, 0.05) is 25.3 Å². The van der Waals surface area contributed by atoms with E-state index in [4.69, 9.17) is 0 Å². The third-order valence-electron chi connectivity index (χ3n) is 4.83. The van der Waals surface area contributed by atoms with Gasteiger partial charge >= 0.3 is 5.97 Å². The molecule has 0 aromatic carbocycles. The predicted molar refractivity (Wildman–Crippen MR) is 84.1 cm³/mol. The molecular formula is C16H25N3O4. The standard InChI is InChI=1S/C16H25N3O4/c1-4-7-16(15(22)23)10-18(8-6-13(16)20)14(21)12-9-17-19(5-2)11(12)3/h9,13,20H,4-8,10H2,1-3H3,(H,22,23)/t13-,16+/m0/s1. The first-order chi connectivity index (χ1) is 10.9. The van der Waals surface area contributed by atoms with Crippen LogP contribution in [-0.2, 0) is 11.3 Å². The minimum atomic E-state index is -1.28. The smallest absolute Gasteiger partial charge is 0.314 e. The van der Waals surface area contributed by atoms with Gasteiger partial charge in [-0.15, -0.1) is 0 Å². The van der Waals surface area contributed by atoms with E-state index in [2.05, 4.69) is 5.10 Å². The fourth-order valence-electron chi connectivity index (χ4n) is 3.41. The molecular weight excluding hydrogens is 298 g/mol. The van der Waals surface area contributed by atoms with Crippen molar-refractivity contribution in [3.63, 3.8) is 0 Å². The van der Waals surface area contributed by atoms with E-state index in [1.165, 1.54) is 6.20 Å². The second-order valence-electron chi connectivity index (χ2n) is 6.20. The molecule has 1 aliphatic heterocycles. The van der Waals surface area contributed by atoms with Gasteiger partial charge in [0.2, 0.25) is 0 Å². The molecule has 1 aromatic heterocycles. The zero-order valence-corrected chi connectivity index (χ0v) is 13.9. The molecule has 23 heavy (non-hydrogen) atoms. The summed E-state index contributed by atoms with van der Waals surface area (Å²) in [6, 6.07) is 0. The first-order valence-corrected chi connectivity index (χ1v) is 8.10. The van der Waals surface area contributed by atoms with Gasteiger partial charge in [-0.2, -0.15) is 5.10 Å². The highest BCUT2D eigenvalue weighted by molar-refractivity contribution is 5.95. The number of nitrogens with zero attached hydrogens (tertiary/aromatic N) is 3. The van der Waals surface area contributed by atoms with Crippen molar-refractivity contribution in [3.8, 4) is 0 Å². The predicted octanol–water partition coefficient (Wildman–Crippen LogP) is 1.29. The second kappa shape index (κ2) is 6.70. The monoisotopic (exact) mass is 323 g/mol. The fourth-order valence-corrected chi connectivity index (χ4v) is 3.41. The Morgan fingerprint density at radius 1 is 1.43 bits per heavy atom. The summed E-state index contributed by atoms with van der Waals surface area (Å²) in [7, 11) is 0. The molecule has 1 aromatic rings. The summed E-state index contributed by atoms with van der Waals surface area (Å²) in [6.45, 7) is 6.73. The molecule has 7 nitrogen and oxygen atoms in total. The Labute approximate surface area is 135 Å². The quantitative estimate of drug-likeness (QED) is 0.851. The average molecular weight is 323 g/mol. The summed E-state index contributed by atoms with van der Waals surface area (Å²) in [5.41, 5.74) is -0.00353. The molecule has 2 atom stereocenters. The lowest BCUT2D eigenvalue weighted by Crippen LogP contribution is -2.57. The molecule has 7 heteroatoms. The molecule has 0 radical (unpaired) electrons. The fraction of sp³-hybridized carbons (Fsp3) is 0.688. The van der Waals surface area contributed by atoms with Gasteiger partial charge in [-0.1, -0.05) is 13.3 Å². The Morgan fingerprint density at radius 3 is 2.65 bits per heavy atom. The molecule has 0 aliphatic carbocycles. The maximum atomic E-state index is 12.8. The van der Waals surface area contributed by atoms with Gasteiger partial charge < -0.3 is 15.1 Å². The van der Waals surface area contributed by atoms with Crippen LogP contribution in [0.15, 0.2) is 6.20 Å². The maximum Gasteiger partial charge on any atom is 0.314 e. The molecule has 1 aliphatic rings. The topological polar surface area (TPSA) is 95.7 Å². The summed E-state index contributed by atoms with van der Waals surface area (Å²) >= 11 is 0. The van der Waals surface area contributed by atoms with E-state index in [9.17, 15) is 19.8 Å². The van der Waals surface area contributed by atoms with Crippen molar-refractivity contribution in [1.82, 2.24) is 14.7 Å². The lowest BCUT2D eigenvalue weighted by atomic mass is 9.74. The van der Waals surface area contributed by atoms with Crippen LogP contribution in [0.5, 0.6) is 0 Å². The number of hydrogen-bond donors (Lipinski definition) is 2. The van der Waals surface area contributed by atoms with Crippen LogP contribution in [0, 0.1) is 12.3 Å². The lowest BCUT2D eigenvalue weighted by molar-refractivity contribution is -0.162. The van der Waals surface area contributed by atoms with Crippen molar-refractivity contribution < 1.29 is 19.8 Å². The van der Waals surface area contributed by atoms with E-state index >= 15 is 0 Å². The average Bonchev–Trinajstić information content (AvgIpc) is 2.89. The van der Waals surface area contributed by atoms with Crippen molar-refractivity contribution in [3.05, 3.63) is 17.5 Å². The molecule has 0 saturated carbocycles. The van der Waals surface area contributed by atoms with Gasteiger partial charge in [0.25, 0.3) is 5.91 Å². The number of likely N-dealkylation sites (tertiary alicyclic amines) is 1. The Hall–Kier alpha value is -1.89. The normalized spacial score (nSPS) is 24.7. The number of carbonyl (C=O) groups excluding carboxylic acids is 1. The van der Waals surface area contributed by atoms with Crippen molar-refractivity contribution in [2.75, 3.05) is 13.1 Å². The van der Waals surface area contributed by atoms with E-state index in [0.29, 0.717) is 31.5 Å². The second-order valence-corrected chi connectivity index (χ2v) is 6.20. The highest BCUT2D eigenvalue weighted by Crippen LogP contribution is 2.36. The van der Waals surface area contributed by atoms with Crippen LogP contribution in [0.2, 0.25) is 0 Å². The lowest BCUT2D eigenvalue weighted by Gasteiger charge is -2.43. The number of carboxylic acid groups (broad SMARTS) is 1. The Morgan fingerprint density at radius 2 is 2.13 bits per heavy atom. The number of aliphatic hydroxyl groups excluding tert-OH is 1. The number of aryl methyl sites for hydroxylation is 1. The molecule has 0 spiro atoms. The number of aliphatic hydroxyl groups is 1. The van der Waals surface area contributed by atoms with Gasteiger partial charge in [0.15, 0.2) is 0 Å². The van der Waals surface area contributed by atoms with Gasteiger partial charge in [0.1, 0.15) is 5.41 Å². The van der Waals surface area contributed by atoms with Gasteiger partial charge in [0.05, 0.1) is 17.9 Å². The van der Waals surface area contributed by atoms with Gasteiger partial charge in [-0.25, -0.2) is 0 Å². The minimum absolute atomic E-state index is 0.0346. The SMILES string of the molecule is CCC[C@@]1(C(=O)O)CN(C(=O)c2cnn(CC)c2C)CC[C@@H]1O. The van der Waals surface area contributed by atoms with Crippen LogP contribution in [0.1, 0.15) is 49.2 Å². The largest absolute Gasteiger partial charge is 0.481 e. The van der Waals surface area contributed by atoms with E-state index in [1.807, 2.05) is 20.8 Å². The molecule has 2 N–H and O–H groups in total. The van der Waals surface area contributed by atoms with Crippen LogP contribution in [0.3, 0.4) is 0 Å². The first-order valence-electron chi connectivity index (χ1n) is 8.10. The minimum Gasteiger partial charge on any atom is -0.481 e. The van der Waals surface area contributed by atoms with E-state index in [0.717, 1.165) is 5.69 Å². The molecule has 2 heterocycles.